The molecule has 0 aromatic heterocycles. The summed E-state index contributed by atoms with van der Waals surface area (Å²) in [4.78, 5) is 50.2. The molecule has 0 saturated carbocycles. The van der Waals surface area contributed by atoms with Crippen molar-refractivity contribution in [3.05, 3.63) is 0 Å². The number of ether oxygens (including phenoxy) is 2. The first-order valence-electron chi connectivity index (χ1n) is 10.8. The lowest BCUT2D eigenvalue weighted by molar-refractivity contribution is -0.210. The molecule has 0 atom stereocenters. The number of hydrogen-bond donors (Lipinski definition) is 4. The lowest BCUT2D eigenvalue weighted by Gasteiger charge is -2.06. The highest BCUT2D eigenvalue weighted by molar-refractivity contribution is 8.16. The second-order valence-electron chi connectivity index (χ2n) is 5.74. The van der Waals surface area contributed by atoms with Crippen LogP contribution in [0.3, 0.4) is 0 Å². The fourth-order valence-electron chi connectivity index (χ4n) is 1.56. The second kappa shape index (κ2) is 34.0. The van der Waals surface area contributed by atoms with E-state index in [9.17, 15) is 9.59 Å². The van der Waals surface area contributed by atoms with Gasteiger partial charge in [0.05, 0.1) is 35.4 Å². The Morgan fingerprint density at radius 1 is 0.667 bits per heavy atom. The largest absolute Gasteiger partial charge is 0.449 e. The van der Waals surface area contributed by atoms with Gasteiger partial charge < -0.3 is 40.1 Å². The van der Waals surface area contributed by atoms with Gasteiger partial charge in [-0.3, -0.25) is 0 Å². The van der Waals surface area contributed by atoms with Crippen molar-refractivity contribution in [2.45, 2.75) is 0 Å². The van der Waals surface area contributed by atoms with Crippen LogP contribution in [-0.2, 0) is 29.0 Å². The first kappa shape index (κ1) is 38.8. The highest BCUT2D eigenvalue weighted by Crippen LogP contribution is 2.11. The van der Waals surface area contributed by atoms with Gasteiger partial charge in [0.1, 0.15) is 25.1 Å². The van der Waals surface area contributed by atoms with E-state index >= 15 is 0 Å². The molecule has 4 N–H and O–H groups in total. The summed E-state index contributed by atoms with van der Waals surface area (Å²) in [5.74, 6) is 3.40. The molecule has 0 aliphatic heterocycles. The molecule has 0 radical (unpaired) electrons. The lowest BCUT2D eigenvalue weighted by atomic mass is 10.8. The molecule has 228 valence electrons. The van der Waals surface area contributed by atoms with Crippen molar-refractivity contribution in [1.82, 2.24) is 10.6 Å². The number of aliphatic hydroxyl groups excluding tert-OH is 2. The third-order valence-electron chi connectivity index (χ3n) is 3.03. The van der Waals surface area contributed by atoms with Gasteiger partial charge in [-0.15, -0.1) is 70.6 Å². The molecule has 0 aromatic rings. The number of hydrogen-bond acceptors (Lipinski definition) is 19. The van der Waals surface area contributed by atoms with Crippen molar-refractivity contribution in [3.8, 4) is 0 Å². The molecule has 2 amide bonds. The molecule has 0 saturated heterocycles. The summed E-state index contributed by atoms with van der Waals surface area (Å²) in [5, 5.41) is 23.8. The summed E-state index contributed by atoms with van der Waals surface area (Å²) in [6, 6.07) is 0. The second-order valence-corrected chi connectivity index (χ2v) is 13.4. The van der Waals surface area contributed by atoms with E-state index < -0.39 is 12.2 Å². The summed E-state index contributed by atoms with van der Waals surface area (Å²) in [6.45, 7) is 0.605. The summed E-state index contributed by atoms with van der Waals surface area (Å²) in [6.07, 6.45) is 1.36. The minimum absolute atomic E-state index is 0.0444. The van der Waals surface area contributed by atoms with E-state index in [4.69, 9.17) is 39.2 Å². The molecule has 0 rings (SSSR count). The number of rotatable bonds is 28. The van der Waals surface area contributed by atoms with Crippen molar-refractivity contribution in [1.29, 1.82) is 0 Å². The van der Waals surface area contributed by atoms with Crippen LogP contribution in [0.15, 0.2) is 9.98 Å². The van der Waals surface area contributed by atoms with Gasteiger partial charge in [-0.1, -0.05) is 0 Å². The minimum atomic E-state index is -0.508. The van der Waals surface area contributed by atoms with E-state index in [1.165, 1.54) is 83.4 Å². The van der Waals surface area contributed by atoms with E-state index in [2.05, 4.69) is 20.6 Å². The Morgan fingerprint density at radius 3 is 1.87 bits per heavy atom. The lowest BCUT2D eigenvalue weighted by Crippen LogP contribution is -2.24. The van der Waals surface area contributed by atoms with Gasteiger partial charge in [-0.05, 0) is 0 Å². The maximum Gasteiger partial charge on any atom is 0.408 e. The van der Waals surface area contributed by atoms with Crippen LogP contribution in [0.25, 0.3) is 0 Å². The normalized spacial score (nSPS) is 11.1. The molecule has 0 fully saturated rings. The van der Waals surface area contributed by atoms with Crippen molar-refractivity contribution < 1.29 is 48.8 Å². The molecule has 39 heavy (non-hydrogen) atoms. The van der Waals surface area contributed by atoms with Gasteiger partial charge in [-0.2, -0.15) is 21.5 Å². The first-order chi connectivity index (χ1) is 19.2. The van der Waals surface area contributed by atoms with E-state index in [-0.39, 0.29) is 24.4 Å². The van der Waals surface area contributed by atoms with Gasteiger partial charge in [0, 0.05) is 21.7 Å². The van der Waals surface area contributed by atoms with Gasteiger partial charge in [-0.25, -0.2) is 19.6 Å². The van der Waals surface area contributed by atoms with Crippen LogP contribution < -0.4 is 10.6 Å². The van der Waals surface area contributed by atoms with Crippen LogP contribution in [0.2, 0.25) is 0 Å². The third-order valence-corrected chi connectivity index (χ3v) is 8.88. The van der Waals surface area contributed by atoms with Gasteiger partial charge in [0.25, 0.3) is 0 Å². The molecule has 0 heterocycles. The van der Waals surface area contributed by atoms with Crippen LogP contribution in [0.4, 0.5) is 9.59 Å². The SMILES string of the molecule is O=C(NCSC/N=C/OOCSCSCO)OCCSCCOOC=NCSCNC(=O)OCSCSCO. The molecule has 0 aliphatic rings. The van der Waals surface area contributed by atoms with E-state index in [1.54, 1.807) is 11.8 Å². The molecule has 0 aromatic carbocycles. The molecule has 0 spiro atoms. The number of carbonyl (C=O) groups is 2. The predicted octanol–water partition coefficient (Wildman–Crippen LogP) is 3.08. The molecule has 14 nitrogen and oxygen atoms in total. The maximum absolute atomic E-state index is 11.6. The summed E-state index contributed by atoms with van der Waals surface area (Å²) in [7, 11) is 0. The summed E-state index contributed by atoms with van der Waals surface area (Å²) >= 11 is 9.84. The van der Waals surface area contributed by atoms with Gasteiger partial charge in [0.2, 0.25) is 12.8 Å². The zero-order chi connectivity index (χ0) is 28.5. The fourth-order valence-corrected chi connectivity index (χ4v) is 5.50. The first-order valence-corrected chi connectivity index (χ1v) is 18.9. The topological polar surface area (TPSA) is 179 Å². The average Bonchev–Trinajstić information content (AvgIpc) is 2.93. The smallest absolute Gasteiger partial charge is 0.408 e. The Labute approximate surface area is 257 Å². The number of nitrogens with zero attached hydrogens (tertiary/aromatic N) is 2. The van der Waals surface area contributed by atoms with Crippen LogP contribution in [0.1, 0.15) is 0 Å². The van der Waals surface area contributed by atoms with Crippen LogP contribution >= 0.6 is 82.3 Å². The van der Waals surface area contributed by atoms with Crippen molar-refractivity contribution in [2.75, 3.05) is 82.2 Å². The zero-order valence-electron chi connectivity index (χ0n) is 21.0. The number of nitrogens with one attached hydrogen (secondary N) is 2. The average molecular weight is 691 g/mol. The Kier molecular flexibility index (Phi) is 33.8. The highest BCUT2D eigenvalue weighted by atomic mass is 32.2. The Morgan fingerprint density at radius 2 is 1.23 bits per heavy atom. The van der Waals surface area contributed by atoms with Gasteiger partial charge in [0.15, 0.2) is 0 Å². The molecule has 0 bridgehead atoms. The Bertz CT molecular complexity index is 633. The van der Waals surface area contributed by atoms with Crippen LogP contribution in [0, 0.1) is 0 Å². The maximum atomic E-state index is 11.6. The number of carbonyl (C=O) groups excluding carboxylic acids is 2. The fraction of sp³-hybridized carbons (Fsp3) is 0.778. The standard InChI is InChI=1S/C18H34N4O10S7/c23-11-36-15-38-13-28-18(26)22-10-35-7-19-5-30-29-2-4-33-3-1-27-17(25)21-9-34-8-20-6-31-32-14-39-16-37-12-24/h5-6,23-24H,1-4,7-16H2,(H,21,25)(H,22,26)/b19-5?,20-6+. The Hall–Kier alpha value is -0.230. The molecule has 0 aliphatic carbocycles. The molecule has 21 heteroatoms. The van der Waals surface area contributed by atoms with Crippen LogP contribution in [0.5, 0.6) is 0 Å². The Balaban J connectivity index is 3.31. The van der Waals surface area contributed by atoms with Crippen molar-refractivity contribution >= 4 is 107 Å². The summed E-state index contributed by atoms with van der Waals surface area (Å²) in [5.41, 5.74) is 0. The monoisotopic (exact) mass is 690 g/mol. The van der Waals surface area contributed by atoms with E-state index in [1.807, 2.05) is 0 Å². The highest BCUT2D eigenvalue weighted by Gasteiger charge is 2.02. The molecular weight excluding hydrogens is 657 g/mol. The number of amides is 2. The third kappa shape index (κ3) is 33.9. The zero-order valence-corrected chi connectivity index (χ0v) is 26.7. The quantitative estimate of drug-likeness (QED) is 0.0235. The molecular formula is C18H34N4O10S7. The van der Waals surface area contributed by atoms with Crippen molar-refractivity contribution in [2.24, 2.45) is 9.98 Å². The van der Waals surface area contributed by atoms with Crippen LogP contribution in [-0.4, -0.2) is 117 Å². The number of aliphatic hydroxyl groups is 2. The summed E-state index contributed by atoms with van der Waals surface area (Å²) < 4.78 is 9.98. The van der Waals surface area contributed by atoms with Gasteiger partial charge >= 0.3 is 12.2 Å². The number of aliphatic imine (C=N–C) groups is 2. The van der Waals surface area contributed by atoms with E-state index in [0.717, 1.165) is 0 Å². The predicted molar refractivity (Wildman–Crippen MR) is 166 cm³/mol. The number of alkyl carbamates (subject to hydrolysis) is 2. The number of thioether (sulfide) groups is 7. The van der Waals surface area contributed by atoms with Crippen molar-refractivity contribution in [3.63, 3.8) is 0 Å². The molecule has 0 unspecified atom stereocenters. The minimum Gasteiger partial charge on any atom is -0.449 e. The van der Waals surface area contributed by atoms with E-state index in [0.29, 0.717) is 57.7 Å².